The molecular formula is C29H29F4NO2. The van der Waals surface area contributed by atoms with Crippen LogP contribution in [-0.4, -0.2) is 40.8 Å². The number of alkyl halides is 3. The molecule has 3 nitrogen and oxygen atoms in total. The van der Waals surface area contributed by atoms with E-state index in [2.05, 4.69) is 29.2 Å². The van der Waals surface area contributed by atoms with Gasteiger partial charge in [0.05, 0.1) is 0 Å². The van der Waals surface area contributed by atoms with Gasteiger partial charge in [0.2, 0.25) is 0 Å². The third-order valence-electron chi connectivity index (χ3n) is 8.07. The Balaban J connectivity index is 0.000000338. The molecule has 1 saturated carbocycles. The Hall–Kier alpha value is -2.93. The van der Waals surface area contributed by atoms with Crippen molar-refractivity contribution in [2.75, 3.05) is 6.54 Å². The lowest BCUT2D eigenvalue weighted by molar-refractivity contribution is -0.192. The van der Waals surface area contributed by atoms with Crippen LogP contribution in [-0.2, 0) is 4.79 Å². The average Bonchev–Trinajstić information content (AvgIpc) is 3.52. The third-order valence-corrected chi connectivity index (χ3v) is 8.07. The van der Waals surface area contributed by atoms with Gasteiger partial charge in [0, 0.05) is 24.2 Å². The number of rotatable bonds is 4. The largest absolute Gasteiger partial charge is 0.490 e. The highest BCUT2D eigenvalue weighted by Gasteiger charge is 2.42. The van der Waals surface area contributed by atoms with Crippen LogP contribution in [0.15, 0.2) is 66.8 Å². The highest BCUT2D eigenvalue weighted by atomic mass is 19.4. The fraction of sp³-hybridized carbons (Fsp3) is 0.414. The van der Waals surface area contributed by atoms with E-state index in [0.29, 0.717) is 17.6 Å². The molecule has 0 amide bonds. The van der Waals surface area contributed by atoms with E-state index in [1.807, 2.05) is 36.4 Å². The minimum atomic E-state index is -5.08. The molecule has 1 N–H and O–H groups in total. The molecular weight excluding hydrogens is 470 g/mol. The monoisotopic (exact) mass is 499 g/mol. The molecule has 2 aromatic rings. The Morgan fingerprint density at radius 2 is 1.75 bits per heavy atom. The molecule has 6 rings (SSSR count). The minimum absolute atomic E-state index is 0.113. The van der Waals surface area contributed by atoms with Gasteiger partial charge in [0.15, 0.2) is 0 Å². The van der Waals surface area contributed by atoms with Crippen LogP contribution in [0.25, 0.3) is 16.7 Å². The van der Waals surface area contributed by atoms with Gasteiger partial charge in [-0.05, 0) is 72.6 Å². The van der Waals surface area contributed by atoms with Crippen LogP contribution in [0.2, 0.25) is 0 Å². The van der Waals surface area contributed by atoms with Gasteiger partial charge in [-0.2, -0.15) is 13.2 Å². The molecule has 2 aliphatic carbocycles. The van der Waals surface area contributed by atoms with Crippen molar-refractivity contribution in [3.8, 4) is 11.1 Å². The first-order chi connectivity index (χ1) is 17.2. The lowest BCUT2D eigenvalue weighted by Gasteiger charge is -2.37. The molecule has 7 heteroatoms. The van der Waals surface area contributed by atoms with Gasteiger partial charge in [0.1, 0.15) is 5.82 Å². The highest BCUT2D eigenvalue weighted by molar-refractivity contribution is 5.73. The summed E-state index contributed by atoms with van der Waals surface area (Å²) in [6.45, 7) is 1.26. The van der Waals surface area contributed by atoms with E-state index >= 15 is 0 Å². The zero-order valence-corrected chi connectivity index (χ0v) is 19.8. The van der Waals surface area contributed by atoms with E-state index in [9.17, 15) is 17.6 Å². The fourth-order valence-electron chi connectivity index (χ4n) is 6.36. The van der Waals surface area contributed by atoms with Crippen molar-refractivity contribution in [2.24, 2.45) is 17.8 Å². The Labute approximate surface area is 208 Å². The number of allylic oxidation sites excluding steroid dienone is 2. The van der Waals surface area contributed by atoms with E-state index < -0.39 is 12.1 Å². The van der Waals surface area contributed by atoms with Gasteiger partial charge >= 0.3 is 12.1 Å². The second kappa shape index (κ2) is 9.85. The number of carboxylic acids is 1. The first-order valence-corrected chi connectivity index (χ1v) is 12.5. The summed E-state index contributed by atoms with van der Waals surface area (Å²) in [6.07, 6.45) is 8.67. The molecule has 2 aromatic carbocycles. The van der Waals surface area contributed by atoms with E-state index in [1.165, 1.54) is 37.8 Å². The number of carbonyl (C=O) groups is 1. The Kier molecular flexibility index (Phi) is 6.77. The predicted octanol–water partition coefficient (Wildman–Crippen LogP) is 6.96. The predicted molar refractivity (Wildman–Crippen MR) is 130 cm³/mol. The van der Waals surface area contributed by atoms with E-state index in [4.69, 9.17) is 9.90 Å². The van der Waals surface area contributed by atoms with E-state index in [-0.39, 0.29) is 5.82 Å². The van der Waals surface area contributed by atoms with E-state index in [1.54, 1.807) is 6.07 Å². The number of benzene rings is 2. The van der Waals surface area contributed by atoms with E-state index in [0.717, 1.165) is 35.3 Å². The summed E-state index contributed by atoms with van der Waals surface area (Å²) in [6, 6.07) is 16.9. The van der Waals surface area contributed by atoms with Crippen molar-refractivity contribution in [1.29, 1.82) is 0 Å². The molecule has 36 heavy (non-hydrogen) atoms. The maximum absolute atomic E-state index is 14.9. The summed E-state index contributed by atoms with van der Waals surface area (Å²) in [4.78, 5) is 11.7. The number of carboxylic acid groups (broad SMARTS) is 1. The summed E-state index contributed by atoms with van der Waals surface area (Å²) in [5.74, 6) is -0.342. The number of aliphatic carboxylic acids is 1. The molecule has 2 heterocycles. The molecule has 1 saturated heterocycles. The summed E-state index contributed by atoms with van der Waals surface area (Å²) >= 11 is 0. The SMILES string of the molecule is Fc1cc(C2=CC3CCC(C2)N3CC2CC3C=CC2C3)ccc1-c1ccccc1.O=C(O)C(F)(F)F. The molecule has 0 radical (unpaired) electrons. The summed E-state index contributed by atoms with van der Waals surface area (Å²) in [7, 11) is 0. The van der Waals surface area contributed by atoms with Crippen molar-refractivity contribution >= 4 is 11.5 Å². The third kappa shape index (κ3) is 5.12. The maximum atomic E-state index is 14.9. The average molecular weight is 500 g/mol. The van der Waals surface area contributed by atoms with Crippen molar-refractivity contribution in [3.05, 3.63) is 78.1 Å². The Bertz CT molecular complexity index is 1170. The van der Waals surface area contributed by atoms with Crippen LogP contribution in [0.5, 0.6) is 0 Å². The maximum Gasteiger partial charge on any atom is 0.490 e. The van der Waals surface area contributed by atoms with Crippen molar-refractivity contribution in [2.45, 2.75) is 50.4 Å². The minimum Gasteiger partial charge on any atom is -0.475 e. The van der Waals surface area contributed by atoms with Crippen LogP contribution in [0.1, 0.15) is 37.7 Å². The normalized spacial score (nSPS) is 28.6. The zero-order valence-electron chi connectivity index (χ0n) is 19.8. The molecule has 0 spiro atoms. The van der Waals surface area contributed by atoms with Crippen molar-refractivity contribution in [1.82, 2.24) is 4.90 Å². The standard InChI is InChI=1S/C27H28FN.C2HF3O2/c28-27-16-21(8-11-26(27)19-4-2-1-3-5-19)22-14-24-9-10-25(15-22)29(24)17-23-13-18-6-7-20(23)12-18;3-2(4,5)1(6)7/h1-8,11,14,16,18,20,23-25H,9-10,12-13,15,17H2;(H,6,7). The topological polar surface area (TPSA) is 40.5 Å². The zero-order chi connectivity index (χ0) is 25.4. The fourth-order valence-corrected chi connectivity index (χ4v) is 6.36. The van der Waals surface area contributed by atoms with Gasteiger partial charge in [-0.3, -0.25) is 4.90 Å². The molecule has 2 aliphatic heterocycles. The van der Waals surface area contributed by atoms with Crippen LogP contribution < -0.4 is 0 Å². The second-order valence-corrected chi connectivity index (χ2v) is 10.3. The van der Waals surface area contributed by atoms with Gasteiger partial charge < -0.3 is 5.11 Å². The molecule has 2 fully saturated rings. The summed E-state index contributed by atoms with van der Waals surface area (Å²) < 4.78 is 46.6. The first-order valence-electron chi connectivity index (χ1n) is 12.5. The molecule has 5 atom stereocenters. The molecule has 0 aromatic heterocycles. The van der Waals surface area contributed by atoms with Crippen LogP contribution >= 0.6 is 0 Å². The lowest BCUT2D eigenvalue weighted by Crippen LogP contribution is -2.42. The van der Waals surface area contributed by atoms with Gasteiger partial charge in [-0.15, -0.1) is 0 Å². The highest BCUT2D eigenvalue weighted by Crippen LogP contribution is 2.46. The number of nitrogens with zero attached hydrogens (tertiary/aromatic N) is 1. The number of halogens is 4. The number of hydrogen-bond acceptors (Lipinski definition) is 2. The lowest BCUT2D eigenvalue weighted by atomic mass is 9.89. The van der Waals surface area contributed by atoms with Crippen molar-refractivity contribution in [3.63, 3.8) is 0 Å². The van der Waals surface area contributed by atoms with Gasteiger partial charge in [-0.1, -0.05) is 60.7 Å². The second-order valence-electron chi connectivity index (χ2n) is 10.3. The quantitative estimate of drug-likeness (QED) is 0.365. The molecule has 4 bridgehead atoms. The number of hydrogen-bond donors (Lipinski definition) is 1. The Morgan fingerprint density at radius 3 is 2.33 bits per heavy atom. The number of fused-ring (bicyclic) bond motifs is 4. The summed E-state index contributed by atoms with van der Waals surface area (Å²) in [5.41, 5.74) is 4.06. The van der Waals surface area contributed by atoms with Gasteiger partial charge in [0.25, 0.3) is 0 Å². The van der Waals surface area contributed by atoms with Crippen LogP contribution in [0, 0.1) is 23.6 Å². The van der Waals surface area contributed by atoms with Crippen molar-refractivity contribution < 1.29 is 27.5 Å². The molecule has 4 aliphatic rings. The molecule has 190 valence electrons. The smallest absolute Gasteiger partial charge is 0.475 e. The molecule has 5 unspecified atom stereocenters. The Morgan fingerprint density at radius 1 is 1.00 bits per heavy atom. The van der Waals surface area contributed by atoms with Crippen LogP contribution in [0.4, 0.5) is 17.6 Å². The first kappa shape index (κ1) is 24.8. The van der Waals surface area contributed by atoms with Crippen LogP contribution in [0.3, 0.4) is 0 Å². The summed E-state index contributed by atoms with van der Waals surface area (Å²) in [5, 5.41) is 7.12. The van der Waals surface area contributed by atoms with Gasteiger partial charge in [-0.25, -0.2) is 9.18 Å².